The van der Waals surface area contributed by atoms with E-state index in [1.807, 2.05) is 13.8 Å². The lowest BCUT2D eigenvalue weighted by molar-refractivity contribution is 0.157. The van der Waals surface area contributed by atoms with Crippen molar-refractivity contribution >= 4 is 10.0 Å². The molecule has 0 radical (unpaired) electrons. The van der Waals surface area contributed by atoms with Gasteiger partial charge in [0.15, 0.2) is 0 Å². The summed E-state index contributed by atoms with van der Waals surface area (Å²) in [7, 11) is -3.15. The van der Waals surface area contributed by atoms with Crippen molar-refractivity contribution in [1.82, 2.24) is 4.31 Å². The molecule has 0 amide bonds. The molecule has 0 N–H and O–H groups in total. The maximum Gasteiger partial charge on any atom is 0.217 e. The van der Waals surface area contributed by atoms with E-state index in [4.69, 9.17) is 0 Å². The van der Waals surface area contributed by atoms with Gasteiger partial charge in [0, 0.05) is 11.6 Å². The fourth-order valence-electron chi connectivity index (χ4n) is 1.80. The number of hydrogen-bond acceptors (Lipinski definition) is 2. The molecule has 96 valence electrons. The molecule has 0 heterocycles. The lowest BCUT2D eigenvalue weighted by atomic mass is 9.90. The molecule has 1 saturated carbocycles. The summed E-state index contributed by atoms with van der Waals surface area (Å²) in [5.41, 5.74) is -0.287. The third-order valence-corrected chi connectivity index (χ3v) is 6.24. The summed E-state index contributed by atoms with van der Waals surface area (Å²) in [5.74, 6) is 0.321. The molecule has 4 heteroatoms. The number of sulfonamides is 1. The largest absolute Gasteiger partial charge is 0.217 e. The molecule has 0 atom stereocenters. The van der Waals surface area contributed by atoms with Crippen molar-refractivity contribution in [3.8, 4) is 0 Å². The average molecular weight is 247 g/mol. The van der Waals surface area contributed by atoms with Crippen LogP contribution in [0.5, 0.6) is 0 Å². The number of hydrogen-bond donors (Lipinski definition) is 0. The van der Waals surface area contributed by atoms with E-state index in [-0.39, 0.29) is 16.8 Å². The van der Waals surface area contributed by atoms with E-state index >= 15 is 0 Å². The van der Waals surface area contributed by atoms with E-state index in [0.717, 1.165) is 12.8 Å². The lowest BCUT2D eigenvalue weighted by Gasteiger charge is -2.41. The van der Waals surface area contributed by atoms with Gasteiger partial charge in [-0.3, -0.25) is 0 Å². The minimum Gasteiger partial charge on any atom is -0.212 e. The third-order valence-electron chi connectivity index (χ3n) is 3.73. The Hall–Kier alpha value is -0.0900. The van der Waals surface area contributed by atoms with Crippen LogP contribution in [0, 0.1) is 5.92 Å². The van der Waals surface area contributed by atoms with Crippen LogP contribution in [-0.4, -0.2) is 29.6 Å². The van der Waals surface area contributed by atoms with Gasteiger partial charge >= 0.3 is 0 Å². The average Bonchev–Trinajstić information content (AvgIpc) is 2.86. The van der Waals surface area contributed by atoms with Gasteiger partial charge < -0.3 is 0 Å². The Bertz CT molecular complexity index is 340. The normalized spacial score (nSPS) is 18.8. The smallest absolute Gasteiger partial charge is 0.212 e. The predicted molar refractivity (Wildman–Crippen MR) is 67.8 cm³/mol. The van der Waals surface area contributed by atoms with Gasteiger partial charge in [0.1, 0.15) is 0 Å². The van der Waals surface area contributed by atoms with Gasteiger partial charge in [-0.2, -0.15) is 4.31 Å². The van der Waals surface area contributed by atoms with Crippen LogP contribution in [0.2, 0.25) is 0 Å². The summed E-state index contributed by atoms with van der Waals surface area (Å²) >= 11 is 0. The minimum atomic E-state index is -3.15. The highest BCUT2D eigenvalue weighted by atomic mass is 32.2. The van der Waals surface area contributed by atoms with Crippen molar-refractivity contribution in [3.05, 3.63) is 0 Å². The first-order valence-electron chi connectivity index (χ1n) is 6.15. The van der Waals surface area contributed by atoms with Gasteiger partial charge in [-0.15, -0.1) is 0 Å². The zero-order chi connectivity index (χ0) is 12.7. The van der Waals surface area contributed by atoms with Crippen LogP contribution in [0.3, 0.4) is 0 Å². The topological polar surface area (TPSA) is 37.4 Å². The summed E-state index contributed by atoms with van der Waals surface area (Å²) in [6.07, 6.45) is 2.03. The maximum absolute atomic E-state index is 12.4. The number of rotatable bonds is 5. The van der Waals surface area contributed by atoms with Crippen molar-refractivity contribution in [2.75, 3.05) is 0 Å². The predicted octanol–water partition coefficient (Wildman–Crippen LogP) is 2.62. The van der Waals surface area contributed by atoms with Gasteiger partial charge in [0.2, 0.25) is 10.0 Å². The van der Waals surface area contributed by atoms with E-state index in [2.05, 4.69) is 13.8 Å². The van der Waals surface area contributed by atoms with E-state index in [1.54, 1.807) is 18.2 Å². The first-order chi connectivity index (χ1) is 7.11. The highest BCUT2D eigenvalue weighted by Gasteiger charge is 2.47. The van der Waals surface area contributed by atoms with Crippen molar-refractivity contribution < 1.29 is 8.42 Å². The molecule has 0 aliphatic heterocycles. The quantitative estimate of drug-likeness (QED) is 0.749. The Morgan fingerprint density at radius 1 is 1.12 bits per heavy atom. The second kappa shape index (κ2) is 4.30. The first kappa shape index (κ1) is 14.0. The molecule has 1 aliphatic rings. The van der Waals surface area contributed by atoms with Crippen molar-refractivity contribution in [2.24, 2.45) is 5.92 Å². The van der Waals surface area contributed by atoms with Crippen LogP contribution >= 0.6 is 0 Å². The van der Waals surface area contributed by atoms with Crippen LogP contribution in [0.1, 0.15) is 54.4 Å². The zero-order valence-corrected chi connectivity index (χ0v) is 12.1. The first-order valence-corrected chi connectivity index (χ1v) is 7.65. The van der Waals surface area contributed by atoms with Crippen LogP contribution in [0.25, 0.3) is 0 Å². The Balaban J connectivity index is 3.10. The van der Waals surface area contributed by atoms with E-state index in [1.165, 1.54) is 0 Å². The molecule has 1 rings (SSSR count). The molecule has 1 fully saturated rings. The standard InChI is InChI=1S/C12H25NO2S/c1-9(2)12(5,6)13(11-7-8-11)16(14,15)10(3)4/h9-11H,7-8H2,1-6H3. The van der Waals surface area contributed by atoms with Crippen LogP contribution in [0.4, 0.5) is 0 Å². The summed E-state index contributed by atoms with van der Waals surface area (Å²) in [6, 6.07) is 0.241. The number of nitrogens with zero attached hydrogens (tertiary/aromatic N) is 1. The van der Waals surface area contributed by atoms with E-state index < -0.39 is 10.0 Å². The molecule has 0 bridgehead atoms. The van der Waals surface area contributed by atoms with Crippen molar-refractivity contribution in [2.45, 2.75) is 71.2 Å². The monoisotopic (exact) mass is 247 g/mol. The van der Waals surface area contributed by atoms with Crippen molar-refractivity contribution in [1.29, 1.82) is 0 Å². The highest BCUT2D eigenvalue weighted by Crippen LogP contribution is 2.39. The third kappa shape index (κ3) is 2.43. The van der Waals surface area contributed by atoms with E-state index in [0.29, 0.717) is 5.92 Å². The summed E-state index contributed by atoms with van der Waals surface area (Å²) < 4.78 is 26.6. The second-order valence-corrected chi connectivity index (χ2v) is 8.30. The van der Waals surface area contributed by atoms with Gasteiger partial charge in [0.05, 0.1) is 5.25 Å². The van der Waals surface area contributed by atoms with Gasteiger partial charge in [-0.1, -0.05) is 13.8 Å². The molecular formula is C12H25NO2S. The molecule has 0 unspecified atom stereocenters. The lowest BCUT2D eigenvalue weighted by Crippen LogP contribution is -2.54. The molecule has 0 saturated heterocycles. The summed E-state index contributed by atoms with van der Waals surface area (Å²) in [4.78, 5) is 0. The van der Waals surface area contributed by atoms with Crippen LogP contribution < -0.4 is 0 Å². The fourth-order valence-corrected chi connectivity index (χ4v) is 3.74. The molecular weight excluding hydrogens is 222 g/mol. The molecule has 0 aromatic heterocycles. The second-order valence-electron chi connectivity index (χ2n) is 5.93. The Kier molecular flexibility index (Phi) is 3.75. The Morgan fingerprint density at radius 2 is 1.56 bits per heavy atom. The molecule has 0 aromatic carbocycles. The van der Waals surface area contributed by atoms with Crippen molar-refractivity contribution in [3.63, 3.8) is 0 Å². The van der Waals surface area contributed by atoms with Gasteiger partial charge in [-0.25, -0.2) is 8.42 Å². The zero-order valence-electron chi connectivity index (χ0n) is 11.3. The minimum absolute atomic E-state index is 0.241. The summed E-state index contributed by atoms with van der Waals surface area (Å²) in [5, 5.41) is -0.328. The van der Waals surface area contributed by atoms with E-state index in [9.17, 15) is 8.42 Å². The van der Waals surface area contributed by atoms with Gasteiger partial charge in [-0.05, 0) is 46.5 Å². The highest BCUT2D eigenvalue weighted by molar-refractivity contribution is 7.89. The molecule has 0 aromatic rings. The Labute approximate surface area is 100 Å². The molecule has 16 heavy (non-hydrogen) atoms. The SMILES string of the molecule is CC(C)C(C)(C)N(C1CC1)S(=O)(=O)C(C)C. The molecule has 3 nitrogen and oxygen atoms in total. The Morgan fingerprint density at radius 3 is 1.81 bits per heavy atom. The maximum atomic E-state index is 12.4. The molecule has 1 aliphatic carbocycles. The van der Waals surface area contributed by atoms with Crippen LogP contribution in [0.15, 0.2) is 0 Å². The van der Waals surface area contributed by atoms with Crippen LogP contribution in [-0.2, 0) is 10.0 Å². The summed E-state index contributed by atoms with van der Waals surface area (Å²) in [6.45, 7) is 11.8. The molecule has 0 spiro atoms. The van der Waals surface area contributed by atoms with Gasteiger partial charge in [0.25, 0.3) is 0 Å². The fraction of sp³-hybridized carbons (Fsp3) is 1.00.